The summed E-state index contributed by atoms with van der Waals surface area (Å²) in [6.45, 7) is 10.7. The van der Waals surface area contributed by atoms with E-state index in [9.17, 15) is 10.1 Å². The number of anilines is 1. The highest BCUT2D eigenvalue weighted by molar-refractivity contribution is 5.71. The summed E-state index contributed by atoms with van der Waals surface area (Å²) in [5.74, 6) is 0.707. The monoisotopic (exact) mass is 362 g/mol. The number of para-hydroxylation sites is 1. The van der Waals surface area contributed by atoms with Gasteiger partial charge >= 0.3 is 0 Å². The Labute approximate surface area is 158 Å². The van der Waals surface area contributed by atoms with E-state index in [0.717, 1.165) is 11.3 Å². The summed E-state index contributed by atoms with van der Waals surface area (Å²) < 4.78 is 6.62. The number of benzene rings is 2. The lowest BCUT2D eigenvalue weighted by atomic mass is 9.78. The van der Waals surface area contributed by atoms with Crippen molar-refractivity contribution in [3.05, 3.63) is 81.9 Å². The highest BCUT2D eigenvalue weighted by Gasteiger charge is 2.58. The molecule has 0 saturated carbocycles. The van der Waals surface area contributed by atoms with Crippen molar-refractivity contribution in [1.82, 2.24) is 0 Å². The van der Waals surface area contributed by atoms with Gasteiger partial charge in [0.25, 0.3) is 5.69 Å². The van der Waals surface area contributed by atoms with Crippen LogP contribution in [0.3, 0.4) is 0 Å². The molecule has 0 N–H and O–H groups in total. The van der Waals surface area contributed by atoms with Gasteiger partial charge in [-0.3, -0.25) is 10.1 Å². The summed E-state index contributed by atoms with van der Waals surface area (Å²) in [7, 11) is 0. The second-order valence-electron chi connectivity index (χ2n) is 7.69. The number of hydrogen-bond acceptors (Lipinski definition) is 4. The van der Waals surface area contributed by atoms with Crippen molar-refractivity contribution in [2.75, 3.05) is 4.90 Å². The molecule has 5 nitrogen and oxygen atoms in total. The van der Waals surface area contributed by atoms with Crippen molar-refractivity contribution in [2.24, 2.45) is 0 Å². The van der Waals surface area contributed by atoms with E-state index in [1.54, 1.807) is 24.3 Å². The van der Waals surface area contributed by atoms with Crippen molar-refractivity contribution >= 4 is 17.5 Å². The Balaban J connectivity index is 1.92. The highest BCUT2D eigenvalue weighted by Crippen LogP contribution is 2.56. The molecule has 1 unspecified atom stereocenters. The third-order valence-electron chi connectivity index (χ3n) is 5.97. The molecule has 0 aromatic heterocycles. The standard InChI is InChI=1S/C22H22N2O3/c1-5-6-9-15-12-17(24(25)26)13-16-14-23-19-11-8-7-10-18(19)21(2,3)22(23,4)27-20(15)16/h5-13H,1,14H2,2-4H3/b9-6-. The van der Waals surface area contributed by atoms with Gasteiger partial charge in [-0.05, 0) is 32.4 Å². The van der Waals surface area contributed by atoms with Gasteiger partial charge in [0.05, 0.1) is 16.9 Å². The predicted octanol–water partition coefficient (Wildman–Crippen LogP) is 5.20. The zero-order chi connectivity index (χ0) is 19.4. The Bertz CT molecular complexity index is 993. The Morgan fingerprint density at radius 1 is 1.26 bits per heavy atom. The number of nitro groups is 1. The van der Waals surface area contributed by atoms with Crippen molar-refractivity contribution in [1.29, 1.82) is 0 Å². The molecule has 1 atom stereocenters. The lowest BCUT2D eigenvalue weighted by Crippen LogP contribution is -2.59. The first-order valence-corrected chi connectivity index (χ1v) is 8.96. The van der Waals surface area contributed by atoms with Gasteiger partial charge in [-0.15, -0.1) is 0 Å². The zero-order valence-corrected chi connectivity index (χ0v) is 15.7. The van der Waals surface area contributed by atoms with Crippen LogP contribution in [0.5, 0.6) is 5.75 Å². The largest absolute Gasteiger partial charge is 0.466 e. The van der Waals surface area contributed by atoms with Crippen LogP contribution in [0.4, 0.5) is 11.4 Å². The van der Waals surface area contributed by atoms with Gasteiger partial charge in [-0.25, -0.2) is 0 Å². The molecule has 2 aliphatic heterocycles. The van der Waals surface area contributed by atoms with E-state index in [0.29, 0.717) is 17.9 Å². The van der Waals surface area contributed by atoms with E-state index in [-0.39, 0.29) is 16.0 Å². The molecule has 2 aromatic rings. The van der Waals surface area contributed by atoms with Crippen LogP contribution >= 0.6 is 0 Å². The average Bonchev–Trinajstić information content (AvgIpc) is 2.81. The van der Waals surface area contributed by atoms with Crippen LogP contribution in [-0.4, -0.2) is 10.6 Å². The fraction of sp³-hybridized carbons (Fsp3) is 0.273. The van der Waals surface area contributed by atoms with Crippen LogP contribution in [0.2, 0.25) is 0 Å². The number of nitro benzene ring substituents is 1. The van der Waals surface area contributed by atoms with Gasteiger partial charge in [0.2, 0.25) is 0 Å². The Morgan fingerprint density at radius 2 is 2.00 bits per heavy atom. The van der Waals surface area contributed by atoms with E-state index < -0.39 is 5.72 Å². The number of ether oxygens (including phenoxy) is 1. The topological polar surface area (TPSA) is 55.6 Å². The van der Waals surface area contributed by atoms with Crippen LogP contribution in [0.15, 0.2) is 55.1 Å². The number of allylic oxidation sites excluding steroid dienone is 2. The number of hydrogen-bond donors (Lipinski definition) is 0. The summed E-state index contributed by atoms with van der Waals surface area (Å²) in [5.41, 5.74) is 3.09. The maximum Gasteiger partial charge on any atom is 0.270 e. The summed E-state index contributed by atoms with van der Waals surface area (Å²) in [6.07, 6.45) is 5.23. The van der Waals surface area contributed by atoms with Crippen molar-refractivity contribution in [3.63, 3.8) is 0 Å². The summed E-state index contributed by atoms with van der Waals surface area (Å²) >= 11 is 0. The molecule has 2 aromatic carbocycles. The Kier molecular flexibility index (Phi) is 3.67. The van der Waals surface area contributed by atoms with Gasteiger partial charge in [0, 0.05) is 28.9 Å². The molecule has 2 heterocycles. The molecule has 2 aliphatic rings. The molecule has 5 heteroatoms. The molecule has 0 saturated heterocycles. The first kappa shape index (κ1) is 17.3. The van der Waals surface area contributed by atoms with E-state index in [1.165, 1.54) is 5.56 Å². The summed E-state index contributed by atoms with van der Waals surface area (Å²) in [4.78, 5) is 13.3. The molecule has 0 bridgehead atoms. The lowest BCUT2D eigenvalue weighted by Gasteiger charge is -2.48. The van der Waals surface area contributed by atoms with Gasteiger partial charge in [0.1, 0.15) is 5.75 Å². The fourth-order valence-corrected chi connectivity index (χ4v) is 4.18. The van der Waals surface area contributed by atoms with Crippen molar-refractivity contribution in [3.8, 4) is 5.75 Å². The van der Waals surface area contributed by atoms with Gasteiger partial charge in [-0.2, -0.15) is 0 Å². The molecule has 27 heavy (non-hydrogen) atoms. The second kappa shape index (κ2) is 5.71. The smallest absolute Gasteiger partial charge is 0.270 e. The normalized spacial score (nSPS) is 22.0. The van der Waals surface area contributed by atoms with Crippen LogP contribution in [-0.2, 0) is 12.0 Å². The van der Waals surface area contributed by atoms with Crippen LogP contribution in [0.25, 0.3) is 6.08 Å². The van der Waals surface area contributed by atoms with Crippen LogP contribution < -0.4 is 9.64 Å². The van der Waals surface area contributed by atoms with Crippen molar-refractivity contribution < 1.29 is 9.66 Å². The highest BCUT2D eigenvalue weighted by atomic mass is 16.6. The Morgan fingerprint density at radius 3 is 2.70 bits per heavy atom. The zero-order valence-electron chi connectivity index (χ0n) is 15.7. The van der Waals surface area contributed by atoms with E-state index >= 15 is 0 Å². The van der Waals surface area contributed by atoms with E-state index in [4.69, 9.17) is 4.74 Å². The van der Waals surface area contributed by atoms with Gasteiger partial charge in [-0.1, -0.05) is 43.0 Å². The molecule has 138 valence electrons. The molecule has 4 rings (SSSR count). The fourth-order valence-electron chi connectivity index (χ4n) is 4.18. The predicted molar refractivity (Wildman–Crippen MR) is 107 cm³/mol. The van der Waals surface area contributed by atoms with Gasteiger partial charge < -0.3 is 9.64 Å². The first-order valence-electron chi connectivity index (χ1n) is 8.96. The number of nitrogens with zero attached hydrogens (tertiary/aromatic N) is 2. The maximum absolute atomic E-state index is 11.4. The first-order chi connectivity index (χ1) is 12.8. The van der Waals surface area contributed by atoms with Gasteiger partial charge in [0.15, 0.2) is 5.72 Å². The quantitative estimate of drug-likeness (QED) is 0.428. The van der Waals surface area contributed by atoms with E-state index in [1.807, 2.05) is 18.2 Å². The molecule has 0 amide bonds. The van der Waals surface area contributed by atoms with Crippen molar-refractivity contribution in [2.45, 2.75) is 38.5 Å². The van der Waals surface area contributed by atoms with Crippen LogP contribution in [0.1, 0.15) is 37.5 Å². The van der Waals surface area contributed by atoms with E-state index in [2.05, 4.69) is 44.4 Å². The van der Waals surface area contributed by atoms with Crippen LogP contribution in [0, 0.1) is 10.1 Å². The molecule has 0 fully saturated rings. The molecular formula is C22H22N2O3. The minimum atomic E-state index is -0.587. The number of fused-ring (bicyclic) bond motifs is 4. The SMILES string of the molecule is C=C/C=C\c1cc([N+](=O)[O-])cc2c1OC1(C)N(C2)c2ccccc2C1(C)C. The molecular weight excluding hydrogens is 340 g/mol. The Hall–Kier alpha value is -3.08. The summed E-state index contributed by atoms with van der Waals surface area (Å²) in [5, 5.41) is 11.4. The average molecular weight is 362 g/mol. The number of rotatable bonds is 3. The third-order valence-corrected chi connectivity index (χ3v) is 5.97. The third kappa shape index (κ3) is 2.31. The minimum absolute atomic E-state index is 0.0661. The second-order valence-corrected chi connectivity index (χ2v) is 7.69. The molecule has 0 radical (unpaired) electrons. The number of non-ortho nitro benzene ring substituents is 1. The summed E-state index contributed by atoms with van der Waals surface area (Å²) in [6, 6.07) is 11.5. The minimum Gasteiger partial charge on any atom is -0.466 e. The lowest BCUT2D eigenvalue weighted by molar-refractivity contribution is -0.385. The maximum atomic E-state index is 11.4. The molecule has 0 aliphatic carbocycles. The molecule has 0 spiro atoms.